The van der Waals surface area contributed by atoms with Gasteiger partial charge in [-0.05, 0) is 47.9 Å². The summed E-state index contributed by atoms with van der Waals surface area (Å²) in [4.78, 5) is 18.8. The minimum atomic E-state index is -0.0384. The van der Waals surface area contributed by atoms with Gasteiger partial charge in [-0.25, -0.2) is 0 Å². The number of amides is 1. The van der Waals surface area contributed by atoms with Crippen LogP contribution in [0.3, 0.4) is 0 Å². The predicted molar refractivity (Wildman–Crippen MR) is 93.5 cm³/mol. The Morgan fingerprint density at radius 2 is 1.87 bits per heavy atom. The molecule has 0 fully saturated rings. The van der Waals surface area contributed by atoms with E-state index in [1.54, 1.807) is 0 Å². The zero-order valence-corrected chi connectivity index (χ0v) is 14.3. The SMILES string of the molecule is CC(C(=O)N1CCc2sccc2C1)N1CCc2ccccc2C1. The summed E-state index contributed by atoms with van der Waals surface area (Å²) < 4.78 is 0. The highest BCUT2D eigenvalue weighted by molar-refractivity contribution is 7.10. The van der Waals surface area contributed by atoms with Gasteiger partial charge in [0, 0.05) is 31.1 Å². The number of hydrogen-bond acceptors (Lipinski definition) is 3. The van der Waals surface area contributed by atoms with Crippen LogP contribution in [0, 0.1) is 0 Å². The molecule has 1 aromatic heterocycles. The Morgan fingerprint density at radius 1 is 1.04 bits per heavy atom. The van der Waals surface area contributed by atoms with Gasteiger partial charge >= 0.3 is 0 Å². The average molecular weight is 326 g/mol. The molecule has 0 spiro atoms. The number of thiophene rings is 1. The highest BCUT2D eigenvalue weighted by Crippen LogP contribution is 2.26. The van der Waals surface area contributed by atoms with Crippen LogP contribution in [0.1, 0.15) is 28.5 Å². The average Bonchev–Trinajstić information content (AvgIpc) is 3.07. The molecule has 0 radical (unpaired) electrons. The number of benzene rings is 1. The van der Waals surface area contributed by atoms with Gasteiger partial charge in [-0.15, -0.1) is 11.3 Å². The van der Waals surface area contributed by atoms with Crippen molar-refractivity contribution < 1.29 is 4.79 Å². The largest absolute Gasteiger partial charge is 0.337 e. The van der Waals surface area contributed by atoms with Crippen LogP contribution in [0.25, 0.3) is 0 Å². The van der Waals surface area contributed by atoms with Crippen LogP contribution < -0.4 is 0 Å². The predicted octanol–water partition coefficient (Wildman–Crippen LogP) is 3.08. The van der Waals surface area contributed by atoms with E-state index in [4.69, 9.17) is 0 Å². The summed E-state index contributed by atoms with van der Waals surface area (Å²) in [6.07, 6.45) is 2.05. The third kappa shape index (κ3) is 2.81. The second-order valence-electron chi connectivity index (χ2n) is 6.54. The van der Waals surface area contributed by atoms with Gasteiger partial charge in [0.25, 0.3) is 0 Å². The van der Waals surface area contributed by atoms with Crippen molar-refractivity contribution >= 4 is 17.2 Å². The van der Waals surface area contributed by atoms with E-state index in [0.29, 0.717) is 0 Å². The molecule has 3 nitrogen and oxygen atoms in total. The lowest BCUT2D eigenvalue weighted by atomic mass is 9.98. The fraction of sp³-hybridized carbons (Fsp3) is 0.421. The van der Waals surface area contributed by atoms with Crippen molar-refractivity contribution in [3.8, 4) is 0 Å². The first kappa shape index (κ1) is 14.9. The molecule has 1 amide bonds. The smallest absolute Gasteiger partial charge is 0.239 e. The summed E-state index contributed by atoms with van der Waals surface area (Å²) in [7, 11) is 0. The van der Waals surface area contributed by atoms with Gasteiger partial charge in [-0.1, -0.05) is 24.3 Å². The normalized spacial score (nSPS) is 19.1. The molecule has 1 unspecified atom stereocenters. The maximum atomic E-state index is 12.9. The molecule has 0 bridgehead atoms. The summed E-state index contributed by atoms with van der Waals surface area (Å²) in [6.45, 7) is 5.58. The van der Waals surface area contributed by atoms with Crippen molar-refractivity contribution in [1.29, 1.82) is 0 Å². The monoisotopic (exact) mass is 326 g/mol. The van der Waals surface area contributed by atoms with Gasteiger partial charge < -0.3 is 4.90 Å². The Morgan fingerprint density at radius 3 is 2.74 bits per heavy atom. The van der Waals surface area contributed by atoms with E-state index in [1.165, 1.54) is 21.6 Å². The van der Waals surface area contributed by atoms with Crippen molar-refractivity contribution in [1.82, 2.24) is 9.80 Å². The second kappa shape index (κ2) is 6.10. The third-order valence-electron chi connectivity index (χ3n) is 5.18. The highest BCUT2D eigenvalue weighted by Gasteiger charge is 2.30. The molecule has 1 aromatic carbocycles. The highest BCUT2D eigenvalue weighted by atomic mass is 32.1. The first-order valence-electron chi connectivity index (χ1n) is 8.37. The van der Waals surface area contributed by atoms with Crippen molar-refractivity contribution in [2.45, 2.75) is 38.9 Å². The Bertz CT molecular complexity index is 724. The van der Waals surface area contributed by atoms with Gasteiger partial charge in [-0.2, -0.15) is 0 Å². The minimum Gasteiger partial charge on any atom is -0.337 e. The number of hydrogen-bond donors (Lipinski definition) is 0. The summed E-state index contributed by atoms with van der Waals surface area (Å²) in [5, 5.41) is 2.14. The number of carbonyl (C=O) groups is 1. The fourth-order valence-corrected chi connectivity index (χ4v) is 4.59. The molecule has 3 heterocycles. The molecule has 1 atom stereocenters. The fourth-order valence-electron chi connectivity index (χ4n) is 3.71. The quantitative estimate of drug-likeness (QED) is 0.847. The molecule has 2 aliphatic heterocycles. The topological polar surface area (TPSA) is 23.6 Å². The van der Waals surface area contributed by atoms with Gasteiger partial charge in [0.2, 0.25) is 5.91 Å². The van der Waals surface area contributed by atoms with Gasteiger partial charge in [-0.3, -0.25) is 9.69 Å². The lowest BCUT2D eigenvalue weighted by molar-refractivity contribution is -0.137. The van der Waals surface area contributed by atoms with Crippen LogP contribution >= 0.6 is 11.3 Å². The molecule has 2 aliphatic rings. The third-order valence-corrected chi connectivity index (χ3v) is 6.21. The summed E-state index contributed by atoms with van der Waals surface area (Å²) in [6, 6.07) is 10.7. The van der Waals surface area contributed by atoms with Crippen LogP contribution in [0.2, 0.25) is 0 Å². The summed E-state index contributed by atoms with van der Waals surface area (Å²) in [5.74, 6) is 0.279. The standard InChI is InChI=1S/C19H22N2OS/c1-14(20-9-6-15-4-2-3-5-16(15)12-20)19(22)21-10-7-18-17(13-21)8-11-23-18/h2-5,8,11,14H,6-7,9-10,12-13H2,1H3. The lowest BCUT2D eigenvalue weighted by Crippen LogP contribution is -2.49. The van der Waals surface area contributed by atoms with Crippen LogP contribution in [0.5, 0.6) is 0 Å². The molecule has 2 aromatic rings. The van der Waals surface area contributed by atoms with Crippen molar-refractivity contribution in [2.24, 2.45) is 0 Å². The Kier molecular flexibility index (Phi) is 3.95. The number of fused-ring (bicyclic) bond motifs is 2. The van der Waals surface area contributed by atoms with E-state index in [1.807, 2.05) is 16.2 Å². The van der Waals surface area contributed by atoms with Crippen LogP contribution in [-0.2, 0) is 30.7 Å². The van der Waals surface area contributed by atoms with Gasteiger partial charge in [0.15, 0.2) is 0 Å². The number of rotatable bonds is 2. The van der Waals surface area contributed by atoms with Crippen LogP contribution in [0.15, 0.2) is 35.7 Å². The van der Waals surface area contributed by atoms with Crippen molar-refractivity contribution in [2.75, 3.05) is 13.1 Å². The number of nitrogens with zero attached hydrogens (tertiary/aromatic N) is 2. The minimum absolute atomic E-state index is 0.0384. The number of carbonyl (C=O) groups excluding carboxylic acids is 1. The van der Waals surface area contributed by atoms with E-state index >= 15 is 0 Å². The van der Waals surface area contributed by atoms with Gasteiger partial charge in [0.05, 0.1) is 6.04 Å². The molecule has 23 heavy (non-hydrogen) atoms. The summed E-state index contributed by atoms with van der Waals surface area (Å²) >= 11 is 1.82. The van der Waals surface area contributed by atoms with E-state index in [0.717, 1.165) is 39.0 Å². The van der Waals surface area contributed by atoms with Crippen LogP contribution in [-0.4, -0.2) is 34.8 Å². The van der Waals surface area contributed by atoms with E-state index in [2.05, 4.69) is 47.5 Å². The van der Waals surface area contributed by atoms with Crippen molar-refractivity contribution in [3.63, 3.8) is 0 Å². The maximum absolute atomic E-state index is 12.9. The van der Waals surface area contributed by atoms with Crippen LogP contribution in [0.4, 0.5) is 0 Å². The van der Waals surface area contributed by atoms with E-state index in [9.17, 15) is 4.79 Å². The molecule has 120 valence electrons. The Hall–Kier alpha value is -1.65. The molecule has 0 saturated heterocycles. The molecular formula is C19H22N2OS. The Labute approximate surface area is 141 Å². The molecule has 0 N–H and O–H groups in total. The zero-order valence-electron chi connectivity index (χ0n) is 13.5. The molecule has 4 heteroatoms. The Balaban J connectivity index is 1.45. The second-order valence-corrected chi connectivity index (χ2v) is 7.54. The molecule has 0 aliphatic carbocycles. The molecule has 0 saturated carbocycles. The first-order chi connectivity index (χ1) is 11.2. The lowest BCUT2D eigenvalue weighted by Gasteiger charge is -2.36. The summed E-state index contributed by atoms with van der Waals surface area (Å²) in [5.41, 5.74) is 4.15. The van der Waals surface area contributed by atoms with Crippen molar-refractivity contribution in [3.05, 3.63) is 57.3 Å². The van der Waals surface area contributed by atoms with Gasteiger partial charge in [0.1, 0.15) is 0 Å². The zero-order chi connectivity index (χ0) is 15.8. The van der Waals surface area contributed by atoms with E-state index in [-0.39, 0.29) is 11.9 Å². The first-order valence-corrected chi connectivity index (χ1v) is 9.25. The maximum Gasteiger partial charge on any atom is 0.239 e. The molecular weight excluding hydrogens is 304 g/mol. The molecule has 4 rings (SSSR count). The van der Waals surface area contributed by atoms with E-state index < -0.39 is 0 Å².